The number of nitrogens with one attached hydrogen (secondary N) is 1. The Labute approximate surface area is 115 Å². The topological polar surface area (TPSA) is 32.3 Å². The van der Waals surface area contributed by atoms with Crippen molar-refractivity contribution < 1.29 is 4.79 Å². The van der Waals surface area contributed by atoms with E-state index in [0.29, 0.717) is 6.04 Å². The molecule has 0 bridgehead atoms. The van der Waals surface area contributed by atoms with Crippen LogP contribution in [0.2, 0.25) is 0 Å². The molecule has 1 aliphatic heterocycles. The summed E-state index contributed by atoms with van der Waals surface area (Å²) in [5.74, 6) is 0.260. The predicted molar refractivity (Wildman–Crippen MR) is 77.5 cm³/mol. The minimum absolute atomic E-state index is 0.0387. The van der Waals surface area contributed by atoms with E-state index in [1.807, 2.05) is 4.90 Å². The number of aryl methyl sites for hydroxylation is 2. The molecule has 1 atom stereocenters. The molecule has 1 aromatic carbocycles. The summed E-state index contributed by atoms with van der Waals surface area (Å²) < 4.78 is 0. The van der Waals surface area contributed by atoms with Gasteiger partial charge in [-0.2, -0.15) is 0 Å². The molecule has 2 aliphatic rings. The molecule has 0 spiro atoms. The Bertz CT molecular complexity index is 494. The second-order valence-corrected chi connectivity index (χ2v) is 5.71. The van der Waals surface area contributed by atoms with Crippen molar-refractivity contribution in [2.75, 3.05) is 11.4 Å². The first-order valence-corrected chi connectivity index (χ1v) is 7.36. The van der Waals surface area contributed by atoms with Crippen LogP contribution in [0.3, 0.4) is 0 Å². The quantitative estimate of drug-likeness (QED) is 0.899. The van der Waals surface area contributed by atoms with Crippen molar-refractivity contribution >= 4 is 11.6 Å². The smallest absolute Gasteiger partial charge is 0.244 e. The summed E-state index contributed by atoms with van der Waals surface area (Å²) in [6.45, 7) is 5.10. The summed E-state index contributed by atoms with van der Waals surface area (Å²) in [6.07, 6.45) is 4.37. The number of hydrogen-bond donors (Lipinski definition) is 1. The van der Waals surface area contributed by atoms with Gasteiger partial charge in [-0.05, 0) is 43.7 Å². The third kappa shape index (κ3) is 2.39. The first kappa shape index (κ1) is 12.7. The Morgan fingerprint density at radius 2 is 2.11 bits per heavy atom. The fourth-order valence-corrected chi connectivity index (χ4v) is 2.98. The van der Waals surface area contributed by atoms with Gasteiger partial charge in [0.1, 0.15) is 0 Å². The van der Waals surface area contributed by atoms with Gasteiger partial charge in [0, 0.05) is 18.3 Å². The SMILES string of the molecule is CCc1cccc(C)c1N1CCC(NC2CC2)C1=O. The van der Waals surface area contributed by atoms with Gasteiger partial charge in [0.05, 0.1) is 6.04 Å². The zero-order valence-electron chi connectivity index (χ0n) is 11.8. The lowest BCUT2D eigenvalue weighted by Gasteiger charge is -2.22. The van der Waals surface area contributed by atoms with Gasteiger partial charge in [-0.25, -0.2) is 0 Å². The van der Waals surface area contributed by atoms with Crippen LogP contribution in [0.1, 0.15) is 37.3 Å². The second kappa shape index (κ2) is 4.97. The van der Waals surface area contributed by atoms with Gasteiger partial charge >= 0.3 is 0 Å². The third-order valence-corrected chi connectivity index (χ3v) is 4.19. The molecule has 1 saturated heterocycles. The molecule has 1 unspecified atom stereocenters. The fourth-order valence-electron chi connectivity index (χ4n) is 2.98. The molecular weight excluding hydrogens is 236 g/mol. The molecule has 2 fully saturated rings. The van der Waals surface area contributed by atoms with Crippen molar-refractivity contribution in [3.8, 4) is 0 Å². The van der Waals surface area contributed by atoms with Gasteiger partial charge < -0.3 is 10.2 Å². The molecule has 1 aliphatic carbocycles. The monoisotopic (exact) mass is 258 g/mol. The van der Waals surface area contributed by atoms with Crippen LogP contribution in [-0.2, 0) is 11.2 Å². The Hall–Kier alpha value is -1.35. The molecule has 19 heavy (non-hydrogen) atoms. The zero-order valence-corrected chi connectivity index (χ0v) is 11.8. The van der Waals surface area contributed by atoms with E-state index in [2.05, 4.69) is 37.4 Å². The van der Waals surface area contributed by atoms with Gasteiger partial charge in [-0.15, -0.1) is 0 Å². The van der Waals surface area contributed by atoms with Crippen LogP contribution in [0.4, 0.5) is 5.69 Å². The number of carbonyl (C=O) groups is 1. The van der Waals surface area contributed by atoms with Gasteiger partial charge in [-0.1, -0.05) is 25.1 Å². The summed E-state index contributed by atoms with van der Waals surface area (Å²) in [4.78, 5) is 14.5. The molecule has 3 nitrogen and oxygen atoms in total. The molecule has 1 saturated carbocycles. The number of hydrogen-bond acceptors (Lipinski definition) is 2. The van der Waals surface area contributed by atoms with E-state index in [4.69, 9.17) is 0 Å². The van der Waals surface area contributed by atoms with E-state index in [0.717, 1.165) is 25.1 Å². The van der Waals surface area contributed by atoms with E-state index in [1.165, 1.54) is 24.0 Å². The van der Waals surface area contributed by atoms with E-state index >= 15 is 0 Å². The highest BCUT2D eigenvalue weighted by atomic mass is 16.2. The van der Waals surface area contributed by atoms with Gasteiger partial charge in [0.15, 0.2) is 0 Å². The van der Waals surface area contributed by atoms with Crippen LogP contribution < -0.4 is 10.2 Å². The minimum atomic E-state index is 0.0387. The molecule has 102 valence electrons. The standard InChI is InChI=1S/C16H22N2O/c1-3-12-6-4-5-11(2)15(12)18-10-9-14(16(18)19)17-13-7-8-13/h4-6,13-14,17H,3,7-10H2,1-2H3. The number of rotatable bonds is 4. The van der Waals surface area contributed by atoms with Gasteiger partial charge in [-0.3, -0.25) is 4.79 Å². The van der Waals surface area contributed by atoms with Crippen LogP contribution in [-0.4, -0.2) is 24.5 Å². The number of anilines is 1. The summed E-state index contributed by atoms with van der Waals surface area (Å²) in [5, 5.41) is 3.47. The maximum atomic E-state index is 12.6. The lowest BCUT2D eigenvalue weighted by molar-refractivity contribution is -0.118. The van der Waals surface area contributed by atoms with E-state index < -0.39 is 0 Å². The first-order valence-electron chi connectivity index (χ1n) is 7.36. The normalized spacial score (nSPS) is 23.2. The molecule has 1 aromatic rings. The Balaban J connectivity index is 1.84. The maximum absolute atomic E-state index is 12.6. The molecule has 1 heterocycles. The average Bonchev–Trinajstić information content (AvgIpc) is 3.15. The van der Waals surface area contributed by atoms with Crippen LogP contribution in [0.25, 0.3) is 0 Å². The highest BCUT2D eigenvalue weighted by Crippen LogP contribution is 2.30. The van der Waals surface area contributed by atoms with Crippen molar-refractivity contribution in [3.05, 3.63) is 29.3 Å². The summed E-state index contributed by atoms with van der Waals surface area (Å²) in [5.41, 5.74) is 3.63. The summed E-state index contributed by atoms with van der Waals surface area (Å²) in [7, 11) is 0. The van der Waals surface area contributed by atoms with Crippen LogP contribution >= 0.6 is 0 Å². The van der Waals surface area contributed by atoms with Crippen molar-refractivity contribution in [2.24, 2.45) is 0 Å². The fraction of sp³-hybridized carbons (Fsp3) is 0.562. The van der Waals surface area contributed by atoms with Crippen LogP contribution in [0, 0.1) is 6.92 Å². The van der Waals surface area contributed by atoms with E-state index in [1.54, 1.807) is 0 Å². The van der Waals surface area contributed by atoms with Crippen LogP contribution in [0.15, 0.2) is 18.2 Å². The number of benzene rings is 1. The molecule has 0 aromatic heterocycles. The second-order valence-electron chi connectivity index (χ2n) is 5.71. The summed E-state index contributed by atoms with van der Waals surface area (Å²) in [6, 6.07) is 6.95. The predicted octanol–water partition coefficient (Wildman–Crippen LogP) is 2.41. The average molecular weight is 258 g/mol. The third-order valence-electron chi connectivity index (χ3n) is 4.19. The minimum Gasteiger partial charge on any atom is -0.310 e. The van der Waals surface area contributed by atoms with Gasteiger partial charge in [0.25, 0.3) is 0 Å². The zero-order chi connectivity index (χ0) is 13.4. The molecule has 1 N–H and O–H groups in total. The Kier molecular flexibility index (Phi) is 3.31. The first-order chi connectivity index (χ1) is 9.20. The van der Waals surface area contributed by atoms with Crippen LogP contribution in [0.5, 0.6) is 0 Å². The van der Waals surface area contributed by atoms with Crippen molar-refractivity contribution in [1.29, 1.82) is 0 Å². The van der Waals surface area contributed by atoms with E-state index in [9.17, 15) is 4.79 Å². The Morgan fingerprint density at radius 3 is 2.79 bits per heavy atom. The van der Waals surface area contributed by atoms with Crippen molar-refractivity contribution in [1.82, 2.24) is 5.32 Å². The Morgan fingerprint density at radius 1 is 1.32 bits per heavy atom. The molecule has 1 amide bonds. The van der Waals surface area contributed by atoms with Gasteiger partial charge in [0.2, 0.25) is 5.91 Å². The molecular formula is C16H22N2O. The highest BCUT2D eigenvalue weighted by Gasteiger charge is 2.37. The molecule has 3 heteroatoms. The molecule has 0 radical (unpaired) electrons. The number of para-hydroxylation sites is 1. The van der Waals surface area contributed by atoms with Crippen molar-refractivity contribution in [3.63, 3.8) is 0 Å². The maximum Gasteiger partial charge on any atom is 0.244 e. The number of nitrogens with zero attached hydrogens (tertiary/aromatic N) is 1. The lowest BCUT2D eigenvalue weighted by atomic mass is 10.0. The number of amides is 1. The molecule has 3 rings (SSSR count). The summed E-state index contributed by atoms with van der Waals surface area (Å²) >= 11 is 0. The lowest BCUT2D eigenvalue weighted by Crippen LogP contribution is -2.39. The largest absolute Gasteiger partial charge is 0.310 e. The highest BCUT2D eigenvalue weighted by molar-refractivity contribution is 6.00. The van der Waals surface area contributed by atoms with E-state index in [-0.39, 0.29) is 11.9 Å². The number of carbonyl (C=O) groups excluding carboxylic acids is 1. The van der Waals surface area contributed by atoms with Crippen molar-refractivity contribution in [2.45, 2.75) is 51.6 Å².